The molecule has 0 atom stereocenters. The van der Waals surface area contributed by atoms with Crippen LogP contribution >= 0.6 is 0 Å². The number of nitrogens with zero attached hydrogens (tertiary/aromatic N) is 1. The molecule has 4 nitrogen and oxygen atoms in total. The number of fused-ring (bicyclic) bond motifs is 2. The van der Waals surface area contributed by atoms with Crippen LogP contribution < -0.4 is 5.46 Å². The zero-order valence-corrected chi connectivity index (χ0v) is 16.6. The summed E-state index contributed by atoms with van der Waals surface area (Å²) >= 11 is 0. The molecule has 0 radical (unpaired) electrons. The molecule has 0 saturated carbocycles. The summed E-state index contributed by atoms with van der Waals surface area (Å²) in [4.78, 5) is 7.48. The molecule has 4 aromatic rings. The topological polar surface area (TPSA) is 47.1 Å². The molecule has 0 aliphatic carbocycles. The minimum absolute atomic E-state index is 0.339. The predicted octanol–water partition coefficient (Wildman–Crippen LogP) is 4.68. The van der Waals surface area contributed by atoms with Crippen molar-refractivity contribution in [2.45, 2.75) is 38.9 Å². The molecule has 3 aromatic carbocycles. The Kier molecular flexibility index (Phi) is 3.70. The lowest BCUT2D eigenvalue weighted by Gasteiger charge is -2.32. The molecule has 28 heavy (non-hydrogen) atoms. The summed E-state index contributed by atoms with van der Waals surface area (Å²) in [6, 6.07) is 19.3. The average Bonchev–Trinajstić information content (AvgIpc) is 3.21. The van der Waals surface area contributed by atoms with Gasteiger partial charge in [-0.2, -0.15) is 0 Å². The smallest absolute Gasteiger partial charge is 0.399 e. The summed E-state index contributed by atoms with van der Waals surface area (Å²) in [5.41, 5.74) is 4.74. The van der Waals surface area contributed by atoms with Crippen LogP contribution in [0.1, 0.15) is 27.7 Å². The van der Waals surface area contributed by atoms with Gasteiger partial charge in [0.15, 0.2) is 0 Å². The van der Waals surface area contributed by atoms with E-state index in [1.807, 2.05) is 6.07 Å². The van der Waals surface area contributed by atoms with E-state index < -0.39 is 0 Å². The van der Waals surface area contributed by atoms with Crippen molar-refractivity contribution in [2.24, 2.45) is 0 Å². The van der Waals surface area contributed by atoms with Crippen LogP contribution in [0.2, 0.25) is 0 Å². The molecule has 140 valence electrons. The third kappa shape index (κ3) is 2.74. The van der Waals surface area contributed by atoms with Crippen molar-refractivity contribution in [3.63, 3.8) is 0 Å². The van der Waals surface area contributed by atoms with Gasteiger partial charge in [0.2, 0.25) is 0 Å². The molecule has 5 heteroatoms. The maximum absolute atomic E-state index is 6.22. The van der Waals surface area contributed by atoms with E-state index in [9.17, 15) is 0 Å². The van der Waals surface area contributed by atoms with E-state index in [1.165, 1.54) is 21.9 Å². The van der Waals surface area contributed by atoms with Crippen LogP contribution in [-0.2, 0) is 9.31 Å². The van der Waals surface area contributed by atoms with Crippen molar-refractivity contribution in [3.8, 4) is 11.1 Å². The van der Waals surface area contributed by atoms with E-state index in [-0.39, 0.29) is 18.3 Å². The Hall–Kier alpha value is -2.63. The highest BCUT2D eigenvalue weighted by atomic mass is 16.7. The first kappa shape index (κ1) is 17.5. The highest BCUT2D eigenvalue weighted by Crippen LogP contribution is 2.36. The zero-order chi connectivity index (χ0) is 19.5. The van der Waals surface area contributed by atoms with E-state index in [0.717, 1.165) is 16.5 Å². The number of hydrogen-bond acceptors (Lipinski definition) is 3. The molecule has 1 N–H and O–H groups in total. The third-order valence-electron chi connectivity index (χ3n) is 6.14. The molecule has 0 spiro atoms. The maximum atomic E-state index is 6.22. The van der Waals surface area contributed by atoms with Gasteiger partial charge in [0.1, 0.15) is 0 Å². The van der Waals surface area contributed by atoms with E-state index >= 15 is 0 Å². The summed E-state index contributed by atoms with van der Waals surface area (Å²) < 4.78 is 12.4. The monoisotopic (exact) mass is 370 g/mol. The Morgan fingerprint density at radius 3 is 2.25 bits per heavy atom. The lowest BCUT2D eigenvalue weighted by Crippen LogP contribution is -2.41. The summed E-state index contributed by atoms with van der Waals surface area (Å²) in [5.74, 6) is 0. The molecule has 2 heterocycles. The van der Waals surface area contributed by atoms with Gasteiger partial charge >= 0.3 is 7.12 Å². The van der Waals surface area contributed by atoms with Gasteiger partial charge in [0.05, 0.1) is 28.6 Å². The standard InChI is InChI=1S/C23H23BN2O2/c1-22(2)23(3,4)28-24(27-22)19-9-7-15-5-6-16(11-18(15)12-19)17-8-10-20-21(13-17)26-14-25-20/h5-14H,1-4H3,(H,25,26). The van der Waals surface area contributed by atoms with Crippen LogP contribution in [0.15, 0.2) is 60.9 Å². The first-order valence-corrected chi connectivity index (χ1v) is 9.65. The maximum Gasteiger partial charge on any atom is 0.494 e. The van der Waals surface area contributed by atoms with Crippen LogP contribution in [0, 0.1) is 0 Å². The minimum atomic E-state index is -0.348. The van der Waals surface area contributed by atoms with E-state index in [4.69, 9.17) is 9.31 Å². The summed E-state index contributed by atoms with van der Waals surface area (Å²) in [7, 11) is -0.348. The van der Waals surface area contributed by atoms with Gasteiger partial charge < -0.3 is 14.3 Å². The Balaban J connectivity index is 1.54. The fourth-order valence-corrected chi connectivity index (χ4v) is 3.69. The van der Waals surface area contributed by atoms with Gasteiger partial charge in [-0.3, -0.25) is 0 Å². The zero-order valence-electron chi connectivity index (χ0n) is 16.6. The Morgan fingerprint density at radius 2 is 1.46 bits per heavy atom. The fourth-order valence-electron chi connectivity index (χ4n) is 3.69. The predicted molar refractivity (Wildman–Crippen MR) is 115 cm³/mol. The van der Waals surface area contributed by atoms with Crippen LogP contribution in [0.5, 0.6) is 0 Å². The van der Waals surface area contributed by atoms with Crippen molar-refractivity contribution in [1.82, 2.24) is 9.97 Å². The molecule has 0 bridgehead atoms. The fraction of sp³-hybridized carbons (Fsp3) is 0.261. The highest BCUT2D eigenvalue weighted by Gasteiger charge is 2.51. The molecule has 1 aliphatic rings. The molecular formula is C23H23BN2O2. The second-order valence-electron chi connectivity index (χ2n) is 8.54. The summed E-state index contributed by atoms with van der Waals surface area (Å²) in [6.45, 7) is 8.32. The number of aromatic nitrogens is 2. The second-order valence-corrected chi connectivity index (χ2v) is 8.54. The van der Waals surface area contributed by atoms with Gasteiger partial charge in [-0.15, -0.1) is 0 Å². The third-order valence-corrected chi connectivity index (χ3v) is 6.14. The molecule has 1 aliphatic heterocycles. The summed E-state index contributed by atoms with van der Waals surface area (Å²) in [5, 5.41) is 2.38. The van der Waals surface area contributed by atoms with Gasteiger partial charge in [-0.1, -0.05) is 36.4 Å². The number of rotatable bonds is 2. The van der Waals surface area contributed by atoms with Crippen molar-refractivity contribution in [2.75, 3.05) is 0 Å². The van der Waals surface area contributed by atoms with Crippen molar-refractivity contribution >= 4 is 34.4 Å². The lowest BCUT2D eigenvalue weighted by atomic mass is 9.78. The van der Waals surface area contributed by atoms with Crippen molar-refractivity contribution < 1.29 is 9.31 Å². The Bertz CT molecular complexity index is 1180. The first-order chi connectivity index (χ1) is 13.3. The first-order valence-electron chi connectivity index (χ1n) is 9.65. The van der Waals surface area contributed by atoms with Gasteiger partial charge in [0, 0.05) is 0 Å². The van der Waals surface area contributed by atoms with Crippen molar-refractivity contribution in [3.05, 3.63) is 60.9 Å². The van der Waals surface area contributed by atoms with Crippen LogP contribution in [0.3, 0.4) is 0 Å². The highest BCUT2D eigenvalue weighted by molar-refractivity contribution is 6.62. The number of hydrogen-bond donors (Lipinski definition) is 1. The number of H-pyrrole nitrogens is 1. The SMILES string of the molecule is CC1(C)OB(c2ccc3ccc(-c4ccc5nc[nH]c5c4)cc3c2)OC1(C)C. The number of aromatic amines is 1. The van der Waals surface area contributed by atoms with Crippen LogP contribution in [-0.4, -0.2) is 28.3 Å². The van der Waals surface area contributed by atoms with E-state index in [2.05, 4.69) is 86.2 Å². The summed E-state index contributed by atoms with van der Waals surface area (Å²) in [6.07, 6.45) is 1.73. The molecule has 1 fully saturated rings. The quantitative estimate of drug-likeness (QED) is 0.521. The van der Waals surface area contributed by atoms with Gasteiger partial charge in [-0.05, 0) is 73.3 Å². The average molecular weight is 370 g/mol. The number of imidazole rings is 1. The molecular weight excluding hydrogens is 347 g/mol. The van der Waals surface area contributed by atoms with E-state index in [1.54, 1.807) is 6.33 Å². The molecule has 1 saturated heterocycles. The molecule has 0 unspecified atom stereocenters. The van der Waals surface area contributed by atoms with Gasteiger partial charge in [0.25, 0.3) is 0 Å². The molecule has 0 amide bonds. The Labute approximate surface area is 165 Å². The van der Waals surface area contributed by atoms with Crippen molar-refractivity contribution in [1.29, 1.82) is 0 Å². The van der Waals surface area contributed by atoms with Crippen LogP contribution in [0.4, 0.5) is 0 Å². The largest absolute Gasteiger partial charge is 0.494 e. The Morgan fingerprint density at radius 1 is 0.786 bits per heavy atom. The van der Waals surface area contributed by atoms with Crippen LogP contribution in [0.25, 0.3) is 32.9 Å². The number of nitrogens with one attached hydrogen (secondary N) is 1. The lowest BCUT2D eigenvalue weighted by molar-refractivity contribution is 0.00578. The minimum Gasteiger partial charge on any atom is -0.399 e. The second kappa shape index (κ2) is 5.93. The van der Waals surface area contributed by atoms with Gasteiger partial charge in [-0.25, -0.2) is 4.98 Å². The normalized spacial score (nSPS) is 18.2. The molecule has 1 aromatic heterocycles. The molecule has 5 rings (SSSR count). The number of benzene rings is 3. The van der Waals surface area contributed by atoms with E-state index in [0.29, 0.717) is 0 Å².